The molecule has 0 amide bonds. The van der Waals surface area contributed by atoms with Gasteiger partial charge in [0, 0.05) is 4.47 Å². The Kier molecular flexibility index (Phi) is 5.15. The third-order valence-electron chi connectivity index (χ3n) is 3.55. The molecule has 3 heteroatoms. The molecule has 0 N–H and O–H groups in total. The van der Waals surface area contributed by atoms with E-state index in [9.17, 15) is 0 Å². The molecule has 21 heavy (non-hydrogen) atoms. The molecule has 0 spiro atoms. The molecule has 0 fully saturated rings. The van der Waals surface area contributed by atoms with Crippen molar-refractivity contribution in [3.05, 3.63) is 63.6 Å². The van der Waals surface area contributed by atoms with Crippen molar-refractivity contribution in [3.8, 4) is 5.75 Å². The van der Waals surface area contributed by atoms with E-state index >= 15 is 0 Å². The average molecular weight is 412 g/mol. The molecule has 0 aliphatic rings. The summed E-state index contributed by atoms with van der Waals surface area (Å²) in [5, 5.41) is 0. The maximum atomic E-state index is 5.24. The lowest BCUT2D eigenvalue weighted by Crippen LogP contribution is -2.10. The summed E-state index contributed by atoms with van der Waals surface area (Å²) in [7, 11) is 1.68. The quantitative estimate of drug-likeness (QED) is 0.543. The summed E-state index contributed by atoms with van der Waals surface area (Å²) in [4.78, 5) is 0.159. The Morgan fingerprint density at radius 3 is 2.10 bits per heavy atom. The van der Waals surface area contributed by atoms with Crippen molar-refractivity contribution in [2.75, 3.05) is 7.11 Å². The standard InChI is InChI=1S/C18H20Br2O/c1-18(2,3)13-7-5-12(6-8-13)17(20)15-10-9-14(21-4)11-16(15)19/h5-11,17H,1-4H3. The maximum Gasteiger partial charge on any atom is 0.120 e. The molecule has 2 rings (SSSR count). The predicted molar refractivity (Wildman–Crippen MR) is 96.6 cm³/mol. The zero-order valence-corrected chi connectivity index (χ0v) is 16.0. The summed E-state index contributed by atoms with van der Waals surface area (Å²) in [5.74, 6) is 0.855. The summed E-state index contributed by atoms with van der Waals surface area (Å²) in [6, 6.07) is 14.9. The fraction of sp³-hybridized carbons (Fsp3) is 0.333. The average Bonchev–Trinajstić information content (AvgIpc) is 2.45. The number of methoxy groups -OCH3 is 1. The first-order chi connectivity index (χ1) is 9.82. The molecule has 0 heterocycles. The molecule has 0 bridgehead atoms. The van der Waals surface area contributed by atoms with Crippen LogP contribution in [0.4, 0.5) is 0 Å². The smallest absolute Gasteiger partial charge is 0.120 e. The van der Waals surface area contributed by atoms with Gasteiger partial charge in [-0.1, -0.05) is 83.0 Å². The van der Waals surface area contributed by atoms with Crippen molar-refractivity contribution in [3.63, 3.8) is 0 Å². The van der Waals surface area contributed by atoms with Crippen LogP contribution < -0.4 is 4.74 Å². The molecule has 1 atom stereocenters. The van der Waals surface area contributed by atoms with Gasteiger partial charge in [-0.05, 0) is 34.2 Å². The van der Waals surface area contributed by atoms with Crippen LogP contribution in [0, 0.1) is 0 Å². The molecule has 0 aliphatic carbocycles. The molecule has 0 saturated heterocycles. The number of benzene rings is 2. The predicted octanol–water partition coefficient (Wildman–Crippen LogP) is 6.24. The van der Waals surface area contributed by atoms with Gasteiger partial charge in [0.2, 0.25) is 0 Å². The highest BCUT2D eigenvalue weighted by molar-refractivity contribution is 9.11. The first kappa shape index (κ1) is 16.6. The van der Waals surface area contributed by atoms with Gasteiger partial charge in [-0.25, -0.2) is 0 Å². The van der Waals surface area contributed by atoms with Crippen molar-refractivity contribution in [2.24, 2.45) is 0 Å². The largest absolute Gasteiger partial charge is 0.497 e. The van der Waals surface area contributed by atoms with Gasteiger partial charge in [0.15, 0.2) is 0 Å². The first-order valence-electron chi connectivity index (χ1n) is 6.91. The van der Waals surface area contributed by atoms with E-state index in [1.54, 1.807) is 7.11 Å². The lowest BCUT2D eigenvalue weighted by Gasteiger charge is -2.20. The SMILES string of the molecule is COc1ccc(C(Br)c2ccc(C(C)(C)C)cc2)c(Br)c1. The van der Waals surface area contributed by atoms with Gasteiger partial charge >= 0.3 is 0 Å². The number of alkyl halides is 1. The van der Waals surface area contributed by atoms with Gasteiger partial charge in [0.25, 0.3) is 0 Å². The molecule has 0 aliphatic heterocycles. The van der Waals surface area contributed by atoms with Gasteiger partial charge in [0.1, 0.15) is 5.75 Å². The highest BCUT2D eigenvalue weighted by atomic mass is 79.9. The number of hydrogen-bond donors (Lipinski definition) is 0. The Morgan fingerprint density at radius 2 is 1.62 bits per heavy atom. The van der Waals surface area contributed by atoms with E-state index in [1.807, 2.05) is 12.1 Å². The Hall–Kier alpha value is -0.800. The highest BCUT2D eigenvalue weighted by Crippen LogP contribution is 2.37. The van der Waals surface area contributed by atoms with Gasteiger partial charge in [0.05, 0.1) is 11.9 Å². The summed E-state index contributed by atoms with van der Waals surface area (Å²) >= 11 is 7.42. The van der Waals surface area contributed by atoms with E-state index in [4.69, 9.17) is 4.74 Å². The molecule has 2 aromatic carbocycles. The second-order valence-electron chi connectivity index (χ2n) is 6.12. The molecule has 0 aromatic heterocycles. The molecule has 0 radical (unpaired) electrons. The minimum Gasteiger partial charge on any atom is -0.497 e. The van der Waals surface area contributed by atoms with Crippen LogP contribution in [0.2, 0.25) is 0 Å². The normalized spacial score (nSPS) is 13.0. The minimum absolute atomic E-state index is 0.159. The van der Waals surface area contributed by atoms with Crippen LogP contribution in [0.1, 0.15) is 42.3 Å². The number of hydrogen-bond acceptors (Lipinski definition) is 1. The van der Waals surface area contributed by atoms with E-state index in [-0.39, 0.29) is 10.2 Å². The van der Waals surface area contributed by atoms with Crippen molar-refractivity contribution < 1.29 is 4.74 Å². The summed E-state index contributed by atoms with van der Waals surface area (Å²) in [5.41, 5.74) is 3.97. The molecule has 112 valence electrons. The topological polar surface area (TPSA) is 9.23 Å². The maximum absolute atomic E-state index is 5.24. The molecular weight excluding hydrogens is 392 g/mol. The molecule has 1 unspecified atom stereocenters. The van der Waals surface area contributed by atoms with Crippen LogP contribution in [0.3, 0.4) is 0 Å². The Balaban J connectivity index is 2.30. The summed E-state index contributed by atoms with van der Waals surface area (Å²) < 4.78 is 6.29. The van der Waals surface area contributed by atoms with Crippen LogP contribution in [-0.2, 0) is 5.41 Å². The molecule has 2 aromatic rings. The van der Waals surface area contributed by atoms with E-state index in [0.717, 1.165) is 10.2 Å². The van der Waals surface area contributed by atoms with Crippen molar-refractivity contribution in [2.45, 2.75) is 31.0 Å². The highest BCUT2D eigenvalue weighted by Gasteiger charge is 2.17. The Bertz CT molecular complexity index is 612. The number of rotatable bonds is 3. The van der Waals surface area contributed by atoms with Crippen LogP contribution in [0.25, 0.3) is 0 Å². The number of ether oxygens (including phenoxy) is 1. The first-order valence-corrected chi connectivity index (χ1v) is 8.61. The van der Waals surface area contributed by atoms with Gasteiger partial charge in [-0.2, -0.15) is 0 Å². The van der Waals surface area contributed by atoms with E-state index < -0.39 is 0 Å². The zero-order valence-electron chi connectivity index (χ0n) is 12.8. The fourth-order valence-corrected chi connectivity index (χ4v) is 3.77. The third kappa shape index (κ3) is 3.89. The van der Waals surface area contributed by atoms with Crippen molar-refractivity contribution >= 4 is 31.9 Å². The molecule has 0 saturated carbocycles. The van der Waals surface area contributed by atoms with E-state index in [0.29, 0.717) is 0 Å². The van der Waals surface area contributed by atoms with Crippen LogP contribution in [0.5, 0.6) is 5.75 Å². The molecule has 1 nitrogen and oxygen atoms in total. The van der Waals surface area contributed by atoms with Crippen LogP contribution >= 0.6 is 31.9 Å². The number of halogens is 2. The van der Waals surface area contributed by atoms with Crippen LogP contribution in [-0.4, -0.2) is 7.11 Å². The zero-order chi connectivity index (χ0) is 15.6. The second kappa shape index (κ2) is 6.53. The summed E-state index contributed by atoms with van der Waals surface area (Å²) in [6.45, 7) is 6.69. The molecular formula is C18H20Br2O. The third-order valence-corrected chi connectivity index (χ3v) is 5.26. The van der Waals surface area contributed by atoms with Gasteiger partial charge in [-0.3, -0.25) is 0 Å². The van der Waals surface area contributed by atoms with Gasteiger partial charge < -0.3 is 4.74 Å². The fourth-order valence-electron chi connectivity index (χ4n) is 2.17. The van der Waals surface area contributed by atoms with E-state index in [2.05, 4.69) is 83.0 Å². The second-order valence-corrected chi connectivity index (χ2v) is 7.89. The Labute approximate surface area is 144 Å². The van der Waals surface area contributed by atoms with Crippen molar-refractivity contribution in [1.29, 1.82) is 0 Å². The monoisotopic (exact) mass is 410 g/mol. The lowest BCUT2D eigenvalue weighted by atomic mass is 9.86. The summed E-state index contributed by atoms with van der Waals surface area (Å²) in [6.07, 6.45) is 0. The van der Waals surface area contributed by atoms with Crippen LogP contribution in [0.15, 0.2) is 46.9 Å². The van der Waals surface area contributed by atoms with Gasteiger partial charge in [-0.15, -0.1) is 0 Å². The lowest BCUT2D eigenvalue weighted by molar-refractivity contribution is 0.414. The minimum atomic E-state index is 0.159. The van der Waals surface area contributed by atoms with E-state index in [1.165, 1.54) is 16.7 Å². The van der Waals surface area contributed by atoms with Crippen molar-refractivity contribution in [1.82, 2.24) is 0 Å². The Morgan fingerprint density at radius 1 is 1.00 bits per heavy atom.